The van der Waals surface area contributed by atoms with Crippen molar-refractivity contribution in [2.45, 2.75) is 0 Å². The summed E-state index contributed by atoms with van der Waals surface area (Å²) in [7, 11) is 0. The number of rotatable bonds is 4. The minimum Gasteiger partial charge on any atom is -0.264 e. The Bertz CT molecular complexity index is 553. The predicted octanol–water partition coefficient (Wildman–Crippen LogP) is 2.48. The Kier molecular flexibility index (Phi) is 3.76. The molecule has 5 heteroatoms. The van der Waals surface area contributed by atoms with Crippen LogP contribution in [0.5, 0.6) is 0 Å². The standard InChI is InChI=1S/C13H11N3O2/c17-16(18)10-12(11-6-2-1-3-7-11)15-13-8-4-5-9-14-13/h1-9H,10H2/b15-12+. The van der Waals surface area contributed by atoms with Gasteiger partial charge in [-0.05, 0) is 12.1 Å². The summed E-state index contributed by atoms with van der Waals surface area (Å²) in [6, 6.07) is 14.4. The topological polar surface area (TPSA) is 68.4 Å². The Morgan fingerprint density at radius 2 is 1.89 bits per heavy atom. The molecule has 0 radical (unpaired) electrons. The third kappa shape index (κ3) is 3.21. The van der Waals surface area contributed by atoms with Gasteiger partial charge in [0.25, 0.3) is 0 Å². The summed E-state index contributed by atoms with van der Waals surface area (Å²) >= 11 is 0. The molecule has 1 heterocycles. The Labute approximate surface area is 104 Å². The molecule has 18 heavy (non-hydrogen) atoms. The molecule has 1 aromatic heterocycles. The van der Waals surface area contributed by atoms with Crippen LogP contribution in [0, 0.1) is 10.1 Å². The number of hydrogen-bond donors (Lipinski definition) is 0. The van der Waals surface area contributed by atoms with Gasteiger partial charge in [-0.1, -0.05) is 36.4 Å². The van der Waals surface area contributed by atoms with Crippen LogP contribution in [0.25, 0.3) is 0 Å². The lowest BCUT2D eigenvalue weighted by Gasteiger charge is -2.02. The molecule has 2 rings (SSSR count). The summed E-state index contributed by atoms with van der Waals surface area (Å²) in [5.41, 5.74) is 1.14. The highest BCUT2D eigenvalue weighted by Gasteiger charge is 2.10. The molecule has 0 bridgehead atoms. The van der Waals surface area contributed by atoms with Crippen LogP contribution < -0.4 is 0 Å². The summed E-state index contributed by atoms with van der Waals surface area (Å²) < 4.78 is 0. The second kappa shape index (κ2) is 5.67. The van der Waals surface area contributed by atoms with E-state index in [-0.39, 0.29) is 6.54 Å². The van der Waals surface area contributed by atoms with Crippen LogP contribution in [0.15, 0.2) is 59.7 Å². The molecule has 1 aromatic carbocycles. The van der Waals surface area contributed by atoms with Gasteiger partial charge in [0.05, 0.1) is 0 Å². The van der Waals surface area contributed by atoms with Crippen LogP contribution in [0.4, 0.5) is 5.82 Å². The van der Waals surface area contributed by atoms with Gasteiger partial charge in [0.2, 0.25) is 6.54 Å². The van der Waals surface area contributed by atoms with E-state index in [1.165, 1.54) is 0 Å². The van der Waals surface area contributed by atoms with Crippen molar-refractivity contribution in [3.8, 4) is 0 Å². The van der Waals surface area contributed by atoms with E-state index in [2.05, 4.69) is 9.98 Å². The molecular formula is C13H11N3O2. The Morgan fingerprint density at radius 1 is 1.17 bits per heavy atom. The average molecular weight is 241 g/mol. The minimum atomic E-state index is -0.394. The summed E-state index contributed by atoms with van der Waals surface area (Å²) in [5, 5.41) is 10.7. The molecule has 0 atom stereocenters. The van der Waals surface area contributed by atoms with E-state index in [4.69, 9.17) is 0 Å². The highest BCUT2D eigenvalue weighted by Crippen LogP contribution is 2.10. The molecule has 0 saturated heterocycles. The van der Waals surface area contributed by atoms with Gasteiger partial charge in [0.15, 0.2) is 5.82 Å². The first-order valence-electron chi connectivity index (χ1n) is 5.41. The van der Waals surface area contributed by atoms with Gasteiger partial charge in [-0.15, -0.1) is 0 Å². The first-order chi connectivity index (χ1) is 8.75. The maximum absolute atomic E-state index is 10.7. The van der Waals surface area contributed by atoms with Crippen molar-refractivity contribution in [3.63, 3.8) is 0 Å². The first kappa shape index (κ1) is 11.9. The monoisotopic (exact) mass is 241 g/mol. The quantitative estimate of drug-likeness (QED) is 0.469. The summed E-state index contributed by atoms with van der Waals surface area (Å²) in [5.74, 6) is 0.471. The van der Waals surface area contributed by atoms with Gasteiger partial charge >= 0.3 is 0 Å². The van der Waals surface area contributed by atoms with E-state index in [1.807, 2.05) is 18.2 Å². The SMILES string of the molecule is O=[N+]([O-])C/C(=N\c1ccccn1)c1ccccc1. The van der Waals surface area contributed by atoms with E-state index in [0.29, 0.717) is 11.5 Å². The Hall–Kier alpha value is -2.56. The number of aliphatic imine (C=N–C) groups is 1. The molecule has 0 spiro atoms. The van der Waals surface area contributed by atoms with Crippen LogP contribution >= 0.6 is 0 Å². The third-order valence-electron chi connectivity index (χ3n) is 2.28. The lowest BCUT2D eigenvalue weighted by Crippen LogP contribution is -2.14. The van der Waals surface area contributed by atoms with Crippen molar-refractivity contribution in [2.75, 3.05) is 6.54 Å². The van der Waals surface area contributed by atoms with Gasteiger partial charge in [0.1, 0.15) is 5.71 Å². The lowest BCUT2D eigenvalue weighted by atomic mass is 10.1. The molecule has 0 aliphatic rings. The summed E-state index contributed by atoms with van der Waals surface area (Å²) in [4.78, 5) is 18.6. The molecule has 0 aliphatic heterocycles. The van der Waals surface area contributed by atoms with Crippen LogP contribution in [0.1, 0.15) is 5.56 Å². The van der Waals surface area contributed by atoms with Crippen molar-refractivity contribution in [1.82, 2.24) is 4.98 Å². The molecular weight excluding hydrogens is 230 g/mol. The zero-order chi connectivity index (χ0) is 12.8. The number of benzene rings is 1. The molecule has 0 amide bonds. The minimum absolute atomic E-state index is 0.319. The Morgan fingerprint density at radius 3 is 2.50 bits per heavy atom. The fourth-order valence-corrected chi connectivity index (χ4v) is 1.50. The van der Waals surface area contributed by atoms with Gasteiger partial charge < -0.3 is 0 Å². The third-order valence-corrected chi connectivity index (χ3v) is 2.28. The van der Waals surface area contributed by atoms with E-state index in [0.717, 1.165) is 5.56 Å². The van der Waals surface area contributed by atoms with Crippen molar-refractivity contribution in [3.05, 3.63) is 70.4 Å². The zero-order valence-corrected chi connectivity index (χ0v) is 9.56. The molecule has 0 N–H and O–H groups in total. The summed E-state index contributed by atoms with van der Waals surface area (Å²) in [6.45, 7) is -0.319. The van der Waals surface area contributed by atoms with E-state index in [1.54, 1.807) is 36.5 Å². The predicted molar refractivity (Wildman–Crippen MR) is 68.7 cm³/mol. The number of aromatic nitrogens is 1. The van der Waals surface area contributed by atoms with Gasteiger partial charge in [-0.2, -0.15) is 0 Å². The van der Waals surface area contributed by atoms with Crippen molar-refractivity contribution in [2.24, 2.45) is 4.99 Å². The molecule has 2 aromatic rings. The zero-order valence-electron chi connectivity index (χ0n) is 9.56. The second-order valence-corrected chi connectivity index (χ2v) is 3.60. The van der Waals surface area contributed by atoms with Crippen LogP contribution in [0.2, 0.25) is 0 Å². The normalized spacial score (nSPS) is 11.2. The van der Waals surface area contributed by atoms with E-state index < -0.39 is 4.92 Å². The van der Waals surface area contributed by atoms with E-state index >= 15 is 0 Å². The average Bonchev–Trinajstić information content (AvgIpc) is 2.40. The van der Waals surface area contributed by atoms with Gasteiger partial charge in [-0.25, -0.2) is 9.98 Å². The van der Waals surface area contributed by atoms with Crippen LogP contribution in [-0.4, -0.2) is 22.2 Å². The maximum Gasteiger partial charge on any atom is 0.246 e. The fourth-order valence-electron chi connectivity index (χ4n) is 1.50. The van der Waals surface area contributed by atoms with Crippen LogP contribution in [0.3, 0.4) is 0 Å². The van der Waals surface area contributed by atoms with Crippen molar-refractivity contribution in [1.29, 1.82) is 0 Å². The molecule has 0 unspecified atom stereocenters. The second-order valence-electron chi connectivity index (χ2n) is 3.60. The number of pyridine rings is 1. The number of nitro groups is 1. The molecule has 0 fully saturated rings. The fraction of sp³-hybridized carbons (Fsp3) is 0.0769. The largest absolute Gasteiger partial charge is 0.264 e. The smallest absolute Gasteiger partial charge is 0.246 e. The van der Waals surface area contributed by atoms with Crippen molar-refractivity contribution < 1.29 is 4.92 Å². The molecule has 0 saturated carbocycles. The van der Waals surface area contributed by atoms with E-state index in [9.17, 15) is 10.1 Å². The first-order valence-corrected chi connectivity index (χ1v) is 5.41. The highest BCUT2D eigenvalue weighted by atomic mass is 16.6. The highest BCUT2D eigenvalue weighted by molar-refractivity contribution is 6.02. The van der Waals surface area contributed by atoms with Crippen LogP contribution in [-0.2, 0) is 0 Å². The lowest BCUT2D eigenvalue weighted by molar-refractivity contribution is -0.462. The van der Waals surface area contributed by atoms with Gasteiger partial charge in [0, 0.05) is 16.7 Å². The number of nitrogens with zero attached hydrogens (tertiary/aromatic N) is 3. The summed E-state index contributed by atoms with van der Waals surface area (Å²) in [6.07, 6.45) is 1.60. The molecule has 0 aliphatic carbocycles. The number of hydrogen-bond acceptors (Lipinski definition) is 4. The Balaban J connectivity index is 2.37. The van der Waals surface area contributed by atoms with Crippen molar-refractivity contribution >= 4 is 11.5 Å². The van der Waals surface area contributed by atoms with Gasteiger partial charge in [-0.3, -0.25) is 10.1 Å². The molecule has 5 nitrogen and oxygen atoms in total. The molecule has 90 valence electrons. The maximum atomic E-state index is 10.7.